The number of nitrogens with one attached hydrogen (secondary N) is 1. The Morgan fingerprint density at radius 2 is 1.89 bits per heavy atom. The summed E-state index contributed by atoms with van der Waals surface area (Å²) in [5.41, 5.74) is 2.89. The number of fused-ring (bicyclic) bond motifs is 1. The summed E-state index contributed by atoms with van der Waals surface area (Å²) in [6, 6.07) is 12.7. The molecule has 4 heteroatoms. The Hall–Kier alpha value is -1.94. The summed E-state index contributed by atoms with van der Waals surface area (Å²) < 4.78 is 14.0. The smallest absolute Gasteiger partial charge is 0.188 e. The molecule has 2 aromatic carbocycles. The molecule has 0 unspecified atom stereocenters. The molecular weight excluding hydrogens is 247 g/mol. The van der Waals surface area contributed by atoms with Crippen molar-refractivity contribution >= 4 is 32.4 Å². The van der Waals surface area contributed by atoms with Gasteiger partial charge < -0.3 is 5.32 Å². The molecule has 3 rings (SSSR count). The number of hydrogen-bond acceptors (Lipinski definition) is 3. The number of rotatable bonds is 2. The van der Waals surface area contributed by atoms with Gasteiger partial charge in [0.2, 0.25) is 0 Å². The Balaban J connectivity index is 1.92. The summed E-state index contributed by atoms with van der Waals surface area (Å²) in [6.07, 6.45) is 0. The summed E-state index contributed by atoms with van der Waals surface area (Å²) in [6.45, 7) is 2.05. The van der Waals surface area contributed by atoms with Crippen LogP contribution in [0.4, 0.5) is 15.2 Å². The highest BCUT2D eigenvalue weighted by atomic mass is 32.1. The largest absolute Gasteiger partial charge is 0.332 e. The van der Waals surface area contributed by atoms with Crippen molar-refractivity contribution in [3.8, 4) is 0 Å². The second kappa shape index (κ2) is 4.38. The lowest BCUT2D eigenvalue weighted by Crippen LogP contribution is -1.88. The molecule has 90 valence electrons. The van der Waals surface area contributed by atoms with E-state index in [4.69, 9.17) is 0 Å². The van der Waals surface area contributed by atoms with Gasteiger partial charge in [0, 0.05) is 11.8 Å². The van der Waals surface area contributed by atoms with Crippen molar-refractivity contribution in [2.24, 2.45) is 0 Å². The Kier molecular flexibility index (Phi) is 2.72. The van der Waals surface area contributed by atoms with Gasteiger partial charge in [0.05, 0.1) is 10.2 Å². The second-order valence-corrected chi connectivity index (χ2v) is 5.15. The summed E-state index contributed by atoms with van der Waals surface area (Å²) in [7, 11) is 0. The molecule has 0 saturated carbocycles. The van der Waals surface area contributed by atoms with Crippen LogP contribution in [0.1, 0.15) is 5.56 Å². The lowest BCUT2D eigenvalue weighted by atomic mass is 10.2. The van der Waals surface area contributed by atoms with Crippen molar-refractivity contribution in [2.75, 3.05) is 5.32 Å². The van der Waals surface area contributed by atoms with Gasteiger partial charge in [-0.15, -0.1) is 0 Å². The summed E-state index contributed by atoms with van der Waals surface area (Å²) >= 11 is 1.52. The van der Waals surface area contributed by atoms with Gasteiger partial charge in [-0.25, -0.2) is 9.37 Å². The van der Waals surface area contributed by atoms with Crippen LogP contribution < -0.4 is 5.32 Å². The summed E-state index contributed by atoms with van der Waals surface area (Å²) in [5, 5.41) is 4.00. The van der Waals surface area contributed by atoms with Crippen molar-refractivity contribution in [3.05, 3.63) is 53.8 Å². The van der Waals surface area contributed by atoms with Crippen LogP contribution in [0.5, 0.6) is 0 Å². The third-order valence-electron chi connectivity index (χ3n) is 2.65. The molecule has 0 atom stereocenters. The van der Waals surface area contributed by atoms with Crippen molar-refractivity contribution in [3.63, 3.8) is 0 Å². The number of anilines is 2. The van der Waals surface area contributed by atoms with Gasteiger partial charge in [-0.2, -0.15) is 0 Å². The zero-order valence-electron chi connectivity index (χ0n) is 9.77. The molecule has 1 N–H and O–H groups in total. The number of aryl methyl sites for hydroxylation is 1. The molecule has 0 amide bonds. The van der Waals surface area contributed by atoms with Crippen molar-refractivity contribution in [2.45, 2.75) is 6.92 Å². The number of hydrogen-bond donors (Lipinski definition) is 1. The van der Waals surface area contributed by atoms with Gasteiger partial charge >= 0.3 is 0 Å². The maximum atomic E-state index is 13.1. The Morgan fingerprint density at radius 1 is 1.11 bits per heavy atom. The molecule has 0 fully saturated rings. The Morgan fingerprint density at radius 3 is 2.67 bits per heavy atom. The number of benzene rings is 2. The van der Waals surface area contributed by atoms with Gasteiger partial charge in [-0.3, -0.25) is 0 Å². The lowest BCUT2D eigenvalue weighted by Gasteiger charge is -2.01. The topological polar surface area (TPSA) is 24.9 Å². The normalized spacial score (nSPS) is 10.8. The molecule has 0 spiro atoms. The number of thiazole rings is 1. The zero-order valence-corrected chi connectivity index (χ0v) is 10.6. The van der Waals surface area contributed by atoms with E-state index in [9.17, 15) is 4.39 Å². The minimum absolute atomic E-state index is 0.255. The van der Waals surface area contributed by atoms with Crippen molar-refractivity contribution in [1.82, 2.24) is 4.98 Å². The Bertz CT molecular complexity index is 689. The van der Waals surface area contributed by atoms with Crippen molar-refractivity contribution in [1.29, 1.82) is 0 Å². The lowest BCUT2D eigenvalue weighted by molar-refractivity contribution is 0.629. The fourth-order valence-electron chi connectivity index (χ4n) is 1.71. The Labute approximate surface area is 108 Å². The fourth-order valence-corrected chi connectivity index (χ4v) is 2.58. The summed E-state index contributed by atoms with van der Waals surface area (Å²) in [5.74, 6) is -0.255. The SMILES string of the molecule is Cc1ccc(Nc2nc3cc(F)ccc3s2)cc1. The predicted molar refractivity (Wildman–Crippen MR) is 74.0 cm³/mol. The number of nitrogens with zero attached hydrogens (tertiary/aromatic N) is 1. The van der Waals surface area contributed by atoms with E-state index in [0.717, 1.165) is 15.5 Å². The summed E-state index contributed by atoms with van der Waals surface area (Å²) in [4.78, 5) is 4.36. The molecule has 2 nitrogen and oxygen atoms in total. The van der Waals surface area contributed by atoms with Crippen LogP contribution in [0.2, 0.25) is 0 Å². The molecule has 0 saturated heterocycles. The maximum Gasteiger partial charge on any atom is 0.188 e. The average molecular weight is 258 g/mol. The van der Waals surface area contributed by atoms with Crippen LogP contribution >= 0.6 is 11.3 Å². The van der Waals surface area contributed by atoms with Crippen LogP contribution in [0.3, 0.4) is 0 Å². The van der Waals surface area contributed by atoms with E-state index in [1.807, 2.05) is 31.2 Å². The van der Waals surface area contributed by atoms with E-state index in [2.05, 4.69) is 10.3 Å². The third kappa shape index (κ3) is 2.19. The van der Waals surface area contributed by atoms with E-state index in [1.165, 1.54) is 29.0 Å². The molecule has 3 aromatic rings. The molecule has 0 aliphatic heterocycles. The van der Waals surface area contributed by atoms with Gasteiger partial charge in [-0.05, 0) is 31.2 Å². The molecule has 0 aliphatic rings. The van der Waals surface area contributed by atoms with E-state index in [0.29, 0.717) is 5.52 Å². The first-order valence-corrected chi connectivity index (χ1v) is 6.42. The minimum atomic E-state index is -0.255. The average Bonchev–Trinajstić information content (AvgIpc) is 2.73. The van der Waals surface area contributed by atoms with Gasteiger partial charge in [0.1, 0.15) is 5.82 Å². The van der Waals surface area contributed by atoms with Gasteiger partial charge in [0.25, 0.3) is 0 Å². The first-order valence-electron chi connectivity index (χ1n) is 5.60. The molecule has 18 heavy (non-hydrogen) atoms. The maximum absolute atomic E-state index is 13.1. The van der Waals surface area contributed by atoms with Crippen molar-refractivity contribution < 1.29 is 4.39 Å². The molecule has 0 bridgehead atoms. The first kappa shape index (κ1) is 11.2. The molecule has 1 heterocycles. The quantitative estimate of drug-likeness (QED) is 0.732. The van der Waals surface area contributed by atoms with Crippen LogP contribution in [-0.2, 0) is 0 Å². The highest BCUT2D eigenvalue weighted by Crippen LogP contribution is 2.28. The first-order chi connectivity index (χ1) is 8.70. The van der Waals surface area contributed by atoms with E-state index in [1.54, 1.807) is 6.07 Å². The molecule has 0 aliphatic carbocycles. The molecular formula is C14H11FN2S. The predicted octanol–water partition coefficient (Wildman–Crippen LogP) is 4.49. The monoisotopic (exact) mass is 258 g/mol. The van der Waals surface area contributed by atoms with E-state index >= 15 is 0 Å². The van der Waals surface area contributed by atoms with E-state index < -0.39 is 0 Å². The second-order valence-electron chi connectivity index (χ2n) is 4.12. The standard InChI is InChI=1S/C14H11FN2S/c1-9-2-5-11(6-3-9)16-14-17-12-8-10(15)4-7-13(12)18-14/h2-8H,1H3,(H,16,17). The van der Waals surface area contributed by atoms with Crippen LogP contribution in [-0.4, -0.2) is 4.98 Å². The molecule has 0 radical (unpaired) electrons. The van der Waals surface area contributed by atoms with Gasteiger partial charge in [0.15, 0.2) is 5.13 Å². The highest BCUT2D eigenvalue weighted by Gasteiger charge is 2.04. The zero-order chi connectivity index (χ0) is 12.5. The molecule has 1 aromatic heterocycles. The van der Waals surface area contributed by atoms with Gasteiger partial charge in [-0.1, -0.05) is 29.0 Å². The van der Waals surface area contributed by atoms with Crippen LogP contribution in [0.15, 0.2) is 42.5 Å². The number of halogens is 1. The fraction of sp³-hybridized carbons (Fsp3) is 0.0714. The van der Waals surface area contributed by atoms with Crippen LogP contribution in [0.25, 0.3) is 10.2 Å². The minimum Gasteiger partial charge on any atom is -0.332 e. The number of aromatic nitrogens is 1. The van der Waals surface area contributed by atoms with E-state index in [-0.39, 0.29) is 5.82 Å². The highest BCUT2D eigenvalue weighted by molar-refractivity contribution is 7.22. The van der Waals surface area contributed by atoms with Crippen LogP contribution in [0, 0.1) is 12.7 Å². The third-order valence-corrected chi connectivity index (χ3v) is 3.60.